The molecule has 0 aliphatic heterocycles. The SMILES string of the molecule is C=C.C=C.C=C.[CH2+]CC[N-][C@@H](C=O)CC(N)=O.[CH2+]C[CH2-].[CH2+]C[CH2-]. The van der Waals surface area contributed by atoms with Gasteiger partial charge in [-0.15, -0.1) is 46.0 Å². The molecule has 0 unspecified atom stereocenters. The van der Waals surface area contributed by atoms with Crippen LogP contribution in [-0.4, -0.2) is 24.8 Å². The molecule has 0 bridgehead atoms. The van der Waals surface area contributed by atoms with Crippen LogP contribution in [0.4, 0.5) is 0 Å². The van der Waals surface area contributed by atoms with E-state index in [1.807, 2.05) is 0 Å². The van der Waals surface area contributed by atoms with Crippen LogP contribution in [0.2, 0.25) is 0 Å². The Morgan fingerprint density at radius 2 is 1.35 bits per heavy atom. The molecule has 0 radical (unpaired) electrons. The number of hydrogen-bond acceptors (Lipinski definition) is 2. The van der Waals surface area contributed by atoms with Crippen LogP contribution in [0.5, 0.6) is 0 Å². The first-order chi connectivity index (χ1) is 11.0. The highest BCUT2D eigenvalue weighted by Gasteiger charge is 1.99. The summed E-state index contributed by atoms with van der Waals surface area (Å²) in [7, 11) is 0. The first kappa shape index (κ1) is 37.3. The number of aldehydes is 1. The summed E-state index contributed by atoms with van der Waals surface area (Å²) in [6.07, 6.45) is 2.76. The smallest absolute Gasteiger partial charge is 0.216 e. The lowest BCUT2D eigenvalue weighted by Gasteiger charge is -2.22. The molecule has 0 rings (SSSR count). The maximum Gasteiger partial charge on any atom is 0.216 e. The van der Waals surface area contributed by atoms with Crippen LogP contribution in [0.3, 0.4) is 0 Å². The predicted octanol–water partition coefficient (Wildman–Crippen LogP) is 4.52. The quantitative estimate of drug-likeness (QED) is 0.443. The molecular weight excluding hydrogens is 288 g/mol. The monoisotopic (exact) mass is 324 g/mol. The topological polar surface area (TPSA) is 74.3 Å². The lowest BCUT2D eigenvalue weighted by Crippen LogP contribution is -2.21. The molecule has 134 valence electrons. The lowest BCUT2D eigenvalue weighted by atomic mass is 10.2. The molecule has 0 aliphatic carbocycles. The Kier molecular flexibility index (Phi) is 96.9. The van der Waals surface area contributed by atoms with E-state index in [1.165, 1.54) is 0 Å². The number of amides is 1. The molecule has 0 saturated carbocycles. The molecule has 1 atom stereocenters. The Balaban J connectivity index is -0.0000000500. The first-order valence-electron chi connectivity index (χ1n) is 6.90. The number of nitrogens with zero attached hydrogens (tertiary/aromatic N) is 1. The summed E-state index contributed by atoms with van der Waals surface area (Å²) in [6, 6.07) is -0.575. The Bertz CT molecular complexity index is 191. The van der Waals surface area contributed by atoms with E-state index in [4.69, 9.17) is 5.73 Å². The maximum atomic E-state index is 10.3. The molecule has 0 aromatic rings. The molecule has 0 aromatic carbocycles. The van der Waals surface area contributed by atoms with E-state index in [0.717, 1.165) is 12.8 Å². The summed E-state index contributed by atoms with van der Waals surface area (Å²) < 4.78 is 0. The summed E-state index contributed by atoms with van der Waals surface area (Å²) in [5.41, 5.74) is 4.87. The zero-order valence-electron chi connectivity index (χ0n) is 14.8. The molecule has 23 heavy (non-hydrogen) atoms. The molecule has 1 amide bonds. The van der Waals surface area contributed by atoms with E-state index >= 15 is 0 Å². The van der Waals surface area contributed by atoms with Gasteiger partial charge in [-0.2, -0.15) is 0 Å². The van der Waals surface area contributed by atoms with Crippen molar-refractivity contribution in [1.29, 1.82) is 0 Å². The second kappa shape index (κ2) is 59.8. The Morgan fingerprint density at radius 3 is 1.52 bits per heavy atom. The third-order valence-electron chi connectivity index (χ3n) is 1.09. The predicted molar refractivity (Wildman–Crippen MR) is 106 cm³/mol. The summed E-state index contributed by atoms with van der Waals surface area (Å²) in [5, 5.41) is 3.87. The summed E-state index contributed by atoms with van der Waals surface area (Å²) in [6.45, 7) is 35.5. The fraction of sp³-hybridized carbons (Fsp3) is 0.316. The number of carbonyl (C=O) groups is 2. The molecule has 4 nitrogen and oxygen atoms in total. The molecule has 0 aliphatic rings. The number of primary amides is 1. The Labute approximate surface area is 145 Å². The van der Waals surface area contributed by atoms with E-state index in [0.29, 0.717) is 19.3 Å². The van der Waals surface area contributed by atoms with Crippen molar-refractivity contribution in [2.75, 3.05) is 6.54 Å². The molecule has 0 aromatic heterocycles. The van der Waals surface area contributed by atoms with Gasteiger partial charge >= 0.3 is 0 Å². The van der Waals surface area contributed by atoms with Gasteiger partial charge in [0, 0.05) is 20.3 Å². The third kappa shape index (κ3) is 102. The average Bonchev–Trinajstić information content (AvgIpc) is 2.58. The van der Waals surface area contributed by atoms with Gasteiger partial charge in [0.25, 0.3) is 0 Å². The van der Waals surface area contributed by atoms with Crippen molar-refractivity contribution in [2.45, 2.75) is 31.7 Å². The summed E-state index contributed by atoms with van der Waals surface area (Å²) >= 11 is 0. The van der Waals surface area contributed by atoms with Crippen LogP contribution in [0.1, 0.15) is 25.7 Å². The third-order valence-corrected chi connectivity index (χ3v) is 1.09. The van der Waals surface area contributed by atoms with Gasteiger partial charge in [-0.1, -0.05) is 6.04 Å². The molecule has 2 N–H and O–H groups in total. The van der Waals surface area contributed by atoms with Crippen molar-refractivity contribution in [2.24, 2.45) is 5.73 Å². The van der Waals surface area contributed by atoms with Gasteiger partial charge in [0.1, 0.15) is 6.29 Å². The van der Waals surface area contributed by atoms with Crippen molar-refractivity contribution in [3.05, 3.63) is 79.4 Å². The van der Waals surface area contributed by atoms with Crippen LogP contribution in [-0.2, 0) is 9.59 Å². The van der Waals surface area contributed by atoms with Gasteiger partial charge in [-0.3, -0.25) is 18.6 Å². The van der Waals surface area contributed by atoms with E-state index in [9.17, 15) is 9.59 Å². The maximum absolute atomic E-state index is 10.3. The van der Waals surface area contributed by atoms with E-state index in [-0.39, 0.29) is 6.42 Å². The average molecular weight is 325 g/mol. The van der Waals surface area contributed by atoms with E-state index in [2.05, 4.69) is 79.4 Å². The van der Waals surface area contributed by atoms with Crippen LogP contribution >= 0.6 is 0 Å². The van der Waals surface area contributed by atoms with Crippen LogP contribution < -0.4 is 5.73 Å². The minimum Gasteiger partial charge on any atom is -0.650 e. The Hall–Kier alpha value is -2.07. The summed E-state index contributed by atoms with van der Waals surface area (Å²) in [4.78, 5) is 20.5. The molecule has 0 spiro atoms. The van der Waals surface area contributed by atoms with Gasteiger partial charge in [0.05, 0.1) is 13.3 Å². The van der Waals surface area contributed by atoms with E-state index < -0.39 is 11.9 Å². The lowest BCUT2D eigenvalue weighted by molar-refractivity contribution is -0.120. The molecule has 0 saturated heterocycles. The summed E-state index contributed by atoms with van der Waals surface area (Å²) in [5.74, 6) is -0.505. The van der Waals surface area contributed by atoms with E-state index in [1.54, 1.807) is 0 Å². The number of rotatable bonds is 6. The largest absolute Gasteiger partial charge is 0.650 e. The molecule has 0 fully saturated rings. The highest BCUT2D eigenvalue weighted by Crippen LogP contribution is 2.02. The second-order valence-electron chi connectivity index (χ2n) is 2.84. The van der Waals surface area contributed by atoms with Crippen molar-refractivity contribution in [1.82, 2.24) is 0 Å². The zero-order valence-corrected chi connectivity index (χ0v) is 14.8. The number of hydrogen-bond donors (Lipinski definition) is 1. The normalized spacial score (nSPS) is 7.91. The van der Waals surface area contributed by atoms with Gasteiger partial charge in [0.2, 0.25) is 5.91 Å². The van der Waals surface area contributed by atoms with Crippen molar-refractivity contribution >= 4 is 12.2 Å². The van der Waals surface area contributed by atoms with Crippen molar-refractivity contribution in [3.63, 3.8) is 0 Å². The fourth-order valence-corrected chi connectivity index (χ4v) is 0.619. The standard InChI is InChI=1S/C7H12N2O2.2C3H6.3C2H4/c1-2-3-9-6(5-10)4-7(8)11;2*1-3-2;3*1-2/h5-6H,1-4H2,(H2,8,11);2*1-3H2;3*1-2H2/t6-;;;;;/m1...../s1. The van der Waals surface area contributed by atoms with Gasteiger partial charge in [-0.25, -0.2) is 0 Å². The Morgan fingerprint density at radius 1 is 1.04 bits per heavy atom. The fourth-order valence-electron chi connectivity index (χ4n) is 0.619. The minimum absolute atomic E-state index is 0.00347. The van der Waals surface area contributed by atoms with Gasteiger partial charge < -0.3 is 15.8 Å². The number of carbonyl (C=O) groups excluding carboxylic acids is 2. The number of nitrogens with two attached hydrogens (primary N) is 1. The van der Waals surface area contributed by atoms with Crippen LogP contribution in [0.25, 0.3) is 5.32 Å². The molecule has 0 heterocycles. The van der Waals surface area contributed by atoms with Gasteiger partial charge in [-0.05, 0) is 12.8 Å². The highest BCUT2D eigenvalue weighted by atomic mass is 16.1. The van der Waals surface area contributed by atoms with Crippen molar-refractivity contribution in [3.8, 4) is 0 Å². The molecular formula is C19H36N2O2. The van der Waals surface area contributed by atoms with Gasteiger partial charge in [0.15, 0.2) is 0 Å². The van der Waals surface area contributed by atoms with Crippen LogP contribution in [0.15, 0.2) is 39.5 Å². The zero-order chi connectivity index (χ0) is 20.1. The molecule has 4 heteroatoms. The first-order valence-corrected chi connectivity index (χ1v) is 6.90. The van der Waals surface area contributed by atoms with Crippen molar-refractivity contribution < 1.29 is 9.59 Å². The second-order valence-corrected chi connectivity index (χ2v) is 2.84. The highest BCUT2D eigenvalue weighted by molar-refractivity contribution is 5.79. The minimum atomic E-state index is -0.575. The van der Waals surface area contributed by atoms with Crippen LogP contribution in [0, 0.1) is 34.6 Å².